The van der Waals surface area contributed by atoms with E-state index in [0.29, 0.717) is 10.7 Å². The Morgan fingerprint density at radius 3 is 2.38 bits per heavy atom. The van der Waals surface area contributed by atoms with E-state index in [1.54, 1.807) is 6.07 Å². The summed E-state index contributed by atoms with van der Waals surface area (Å²) in [4.78, 5) is 12.8. The average Bonchev–Trinajstić information content (AvgIpc) is 3.33. The van der Waals surface area contributed by atoms with Gasteiger partial charge in [0, 0.05) is 4.88 Å². The quantitative estimate of drug-likeness (QED) is 0.229. The van der Waals surface area contributed by atoms with E-state index in [1.807, 2.05) is 31.2 Å². The van der Waals surface area contributed by atoms with E-state index in [9.17, 15) is 13.6 Å². The molecule has 3 aromatic carbocycles. The number of carbonyl (C=O) groups excluding carboxylic acids is 1. The van der Waals surface area contributed by atoms with Crippen LogP contribution in [-0.4, -0.2) is 29.0 Å². The predicted octanol–water partition coefficient (Wildman–Crippen LogP) is 6.12. The maximum absolute atomic E-state index is 12.3. The van der Waals surface area contributed by atoms with Gasteiger partial charge in [0.25, 0.3) is 0 Å². The zero-order chi connectivity index (χ0) is 24.2. The monoisotopic (exact) mass is 492 g/mol. The van der Waals surface area contributed by atoms with Crippen LogP contribution in [0.2, 0.25) is 0 Å². The summed E-state index contributed by atoms with van der Waals surface area (Å²) >= 11 is -1.27. The topological polar surface area (TPSA) is 78.9 Å². The standard InChI is InChI=1S/C26H23NO5S2/c1-17-9-10-19(18-7-5-4-6-8-18)15-21(17)24-13-14-25(33-24)27(34(29)30)22-12-11-20(26(28)32-3)16-23(22)31-2/h4-16H,1-3H3,(H,29,30)/p-1. The Hall–Kier alpha value is -3.46. The molecule has 4 rings (SSSR count). The van der Waals surface area contributed by atoms with Gasteiger partial charge in [-0.05, 0) is 65.6 Å². The molecule has 1 unspecified atom stereocenters. The van der Waals surface area contributed by atoms with Crippen molar-refractivity contribution in [3.8, 4) is 27.3 Å². The van der Waals surface area contributed by atoms with E-state index in [2.05, 4.69) is 30.3 Å². The Kier molecular flexibility index (Phi) is 7.12. The number of methoxy groups -OCH3 is 2. The first-order chi connectivity index (χ1) is 16.4. The summed E-state index contributed by atoms with van der Waals surface area (Å²) in [5.41, 5.74) is 4.87. The van der Waals surface area contributed by atoms with Crippen molar-refractivity contribution in [1.29, 1.82) is 0 Å². The minimum atomic E-state index is -2.62. The summed E-state index contributed by atoms with van der Waals surface area (Å²) in [6, 6.07) is 24.5. The maximum Gasteiger partial charge on any atom is 0.337 e. The second kappa shape index (κ2) is 10.2. The molecule has 4 aromatic rings. The summed E-state index contributed by atoms with van der Waals surface area (Å²) in [6.07, 6.45) is 0. The summed E-state index contributed by atoms with van der Waals surface area (Å²) in [5, 5.41) is 0.497. The number of carbonyl (C=O) groups is 1. The van der Waals surface area contributed by atoms with E-state index in [-0.39, 0.29) is 11.3 Å². The number of anilines is 2. The molecule has 0 aliphatic carbocycles. The van der Waals surface area contributed by atoms with Crippen LogP contribution in [0, 0.1) is 6.92 Å². The molecule has 0 saturated heterocycles. The van der Waals surface area contributed by atoms with Crippen molar-refractivity contribution in [2.45, 2.75) is 6.92 Å². The highest BCUT2D eigenvalue weighted by Gasteiger charge is 2.20. The molecule has 0 N–H and O–H groups in total. The van der Waals surface area contributed by atoms with Gasteiger partial charge in [-0.3, -0.25) is 8.51 Å². The van der Waals surface area contributed by atoms with Gasteiger partial charge in [0.15, 0.2) is 0 Å². The fourth-order valence-electron chi connectivity index (χ4n) is 3.64. The van der Waals surface area contributed by atoms with Crippen molar-refractivity contribution in [3.63, 3.8) is 0 Å². The van der Waals surface area contributed by atoms with E-state index in [4.69, 9.17) is 9.47 Å². The minimum Gasteiger partial charge on any atom is -0.755 e. The Morgan fingerprint density at radius 1 is 0.941 bits per heavy atom. The van der Waals surface area contributed by atoms with E-state index in [1.165, 1.54) is 43.8 Å². The van der Waals surface area contributed by atoms with Gasteiger partial charge < -0.3 is 14.0 Å². The third-order valence-electron chi connectivity index (χ3n) is 5.37. The number of nitrogens with zero attached hydrogens (tertiary/aromatic N) is 1. The molecule has 34 heavy (non-hydrogen) atoms. The first kappa shape index (κ1) is 23.7. The summed E-state index contributed by atoms with van der Waals surface area (Å²) in [5.74, 6) is -0.295. The molecule has 0 radical (unpaired) electrons. The van der Waals surface area contributed by atoms with Gasteiger partial charge in [0.1, 0.15) is 10.8 Å². The molecule has 0 saturated carbocycles. The Morgan fingerprint density at radius 2 is 1.71 bits per heavy atom. The van der Waals surface area contributed by atoms with Crippen LogP contribution in [0.4, 0.5) is 10.7 Å². The van der Waals surface area contributed by atoms with E-state index < -0.39 is 17.2 Å². The summed E-state index contributed by atoms with van der Waals surface area (Å²) in [6.45, 7) is 2.03. The summed E-state index contributed by atoms with van der Waals surface area (Å²) in [7, 11) is 2.70. The molecule has 174 valence electrons. The van der Waals surface area contributed by atoms with E-state index >= 15 is 0 Å². The zero-order valence-corrected chi connectivity index (χ0v) is 20.4. The van der Waals surface area contributed by atoms with Gasteiger partial charge in [-0.25, -0.2) is 4.79 Å². The Labute approximate surface area is 204 Å². The SMILES string of the molecule is COC(=O)c1ccc(N(c2ccc(-c3cc(-c4ccccc4)ccc3C)s2)S(=O)[O-])c(OC)c1. The molecular weight excluding hydrogens is 470 g/mol. The first-order valence-corrected chi connectivity index (χ1v) is 12.2. The lowest BCUT2D eigenvalue weighted by atomic mass is 9.99. The van der Waals surface area contributed by atoms with Crippen molar-refractivity contribution in [2.24, 2.45) is 0 Å². The van der Waals surface area contributed by atoms with Gasteiger partial charge in [0.2, 0.25) is 0 Å². The van der Waals surface area contributed by atoms with Crippen LogP contribution in [0.1, 0.15) is 15.9 Å². The van der Waals surface area contributed by atoms with Gasteiger partial charge in [-0.15, -0.1) is 11.3 Å². The van der Waals surface area contributed by atoms with Crippen molar-refractivity contribution in [3.05, 3.63) is 90.0 Å². The molecule has 1 aromatic heterocycles. The molecule has 1 atom stereocenters. The number of aryl methyl sites for hydroxylation is 1. The second-order valence-electron chi connectivity index (χ2n) is 7.42. The fourth-order valence-corrected chi connectivity index (χ4v) is 5.46. The van der Waals surface area contributed by atoms with E-state index in [0.717, 1.165) is 31.4 Å². The molecule has 0 bridgehead atoms. The van der Waals surface area contributed by atoms with Crippen LogP contribution in [0.25, 0.3) is 21.6 Å². The number of hydrogen-bond acceptors (Lipinski definition) is 6. The Balaban J connectivity index is 1.75. The number of benzene rings is 3. The largest absolute Gasteiger partial charge is 0.755 e. The molecule has 0 fully saturated rings. The molecule has 8 heteroatoms. The molecule has 6 nitrogen and oxygen atoms in total. The highest BCUT2D eigenvalue weighted by molar-refractivity contribution is 7.81. The lowest BCUT2D eigenvalue weighted by molar-refractivity contribution is 0.0600. The molecule has 0 aliphatic rings. The second-order valence-corrected chi connectivity index (χ2v) is 9.28. The van der Waals surface area contributed by atoms with Crippen LogP contribution in [-0.2, 0) is 16.0 Å². The van der Waals surface area contributed by atoms with Gasteiger partial charge in [-0.1, -0.05) is 42.5 Å². The number of hydrogen-bond donors (Lipinski definition) is 0. The van der Waals surface area contributed by atoms with Gasteiger partial charge in [-0.2, -0.15) is 0 Å². The van der Waals surface area contributed by atoms with Crippen molar-refractivity contribution < 1.29 is 23.0 Å². The zero-order valence-electron chi connectivity index (χ0n) is 18.8. The third kappa shape index (κ3) is 4.75. The summed E-state index contributed by atoms with van der Waals surface area (Å²) < 4.78 is 35.9. The molecule has 0 aliphatic heterocycles. The maximum atomic E-state index is 12.3. The highest BCUT2D eigenvalue weighted by atomic mass is 32.2. The number of rotatable bonds is 7. The molecule has 0 spiro atoms. The van der Waals surface area contributed by atoms with Gasteiger partial charge >= 0.3 is 5.97 Å². The number of thiophene rings is 1. The lowest BCUT2D eigenvalue weighted by Crippen LogP contribution is -2.19. The van der Waals surface area contributed by atoms with Crippen LogP contribution in [0.5, 0.6) is 5.75 Å². The highest BCUT2D eigenvalue weighted by Crippen LogP contribution is 2.42. The normalized spacial score (nSPS) is 11.6. The lowest BCUT2D eigenvalue weighted by Gasteiger charge is -2.26. The fraction of sp³-hybridized carbons (Fsp3) is 0.115. The van der Waals surface area contributed by atoms with Crippen molar-refractivity contribution in [2.75, 3.05) is 18.5 Å². The smallest absolute Gasteiger partial charge is 0.337 e. The van der Waals surface area contributed by atoms with Crippen LogP contribution in [0.15, 0.2) is 78.9 Å². The number of esters is 1. The van der Waals surface area contributed by atoms with Gasteiger partial charge in [0.05, 0.1) is 36.7 Å². The van der Waals surface area contributed by atoms with Crippen molar-refractivity contribution >= 4 is 39.3 Å². The minimum absolute atomic E-state index is 0.240. The predicted molar refractivity (Wildman–Crippen MR) is 135 cm³/mol. The van der Waals surface area contributed by atoms with Crippen LogP contribution in [0.3, 0.4) is 0 Å². The number of ether oxygens (including phenoxy) is 2. The Bertz CT molecular complexity index is 1350. The molecular formula is C26H22NO5S2-. The first-order valence-electron chi connectivity index (χ1n) is 10.3. The average molecular weight is 493 g/mol. The third-order valence-corrected chi connectivity index (χ3v) is 7.28. The van der Waals surface area contributed by atoms with Crippen LogP contribution < -0.4 is 9.04 Å². The molecule has 1 heterocycles. The van der Waals surface area contributed by atoms with Crippen LogP contribution >= 0.6 is 11.3 Å². The van der Waals surface area contributed by atoms with Crippen molar-refractivity contribution in [1.82, 2.24) is 0 Å². The molecule has 0 amide bonds.